The minimum absolute atomic E-state index is 0.166. The van der Waals surface area contributed by atoms with Gasteiger partial charge in [-0.1, -0.05) is 0 Å². The minimum Gasteiger partial charge on any atom is -0.496 e. The molecule has 1 aliphatic rings. The van der Waals surface area contributed by atoms with E-state index < -0.39 is 10.0 Å². The van der Waals surface area contributed by atoms with Crippen molar-refractivity contribution in [2.75, 3.05) is 20.2 Å². The molecule has 1 aromatic carbocycles. The summed E-state index contributed by atoms with van der Waals surface area (Å²) in [5.74, 6) is 1.90. The van der Waals surface area contributed by atoms with Crippen molar-refractivity contribution in [2.45, 2.75) is 37.5 Å². The van der Waals surface area contributed by atoms with Crippen LogP contribution in [0.25, 0.3) is 11.5 Å². The molecule has 3 heterocycles. The highest BCUT2D eigenvalue weighted by atomic mass is 32.2. The molecule has 4 rings (SSSR count). The van der Waals surface area contributed by atoms with Crippen LogP contribution in [0.4, 0.5) is 0 Å². The van der Waals surface area contributed by atoms with Gasteiger partial charge >= 0.3 is 0 Å². The number of methoxy groups -OCH3 is 1. The highest BCUT2D eigenvalue weighted by Gasteiger charge is 2.33. The van der Waals surface area contributed by atoms with Crippen molar-refractivity contribution in [3.05, 3.63) is 47.9 Å². The number of piperidine rings is 1. The van der Waals surface area contributed by atoms with Crippen LogP contribution in [0.15, 0.2) is 39.9 Å². The molecule has 0 saturated carbocycles. The second-order valence-electron chi connectivity index (χ2n) is 7.30. The molecule has 0 radical (unpaired) electrons. The first-order valence-electron chi connectivity index (χ1n) is 9.65. The summed E-state index contributed by atoms with van der Waals surface area (Å²) in [7, 11) is -2.07. The predicted molar refractivity (Wildman–Crippen MR) is 109 cm³/mol. The van der Waals surface area contributed by atoms with Crippen LogP contribution in [0.2, 0.25) is 0 Å². The van der Waals surface area contributed by atoms with Crippen molar-refractivity contribution < 1.29 is 17.6 Å². The van der Waals surface area contributed by atoms with Crippen molar-refractivity contribution in [3.63, 3.8) is 0 Å². The summed E-state index contributed by atoms with van der Waals surface area (Å²) in [6, 6.07) is 4.89. The lowest BCUT2D eigenvalue weighted by Crippen LogP contribution is -2.39. The molecule has 10 heteroatoms. The standard InChI is InChI=1S/C20H23N5O4S/c1-13-9-17(6-7-18(13)28-3)30(26,27)25-8-4-5-15(12-25)19-23-24-20(29-19)16-10-21-14(2)22-11-16/h6-7,9-11,15H,4-5,8,12H2,1-3H3/t15-/m0/s1. The van der Waals surface area contributed by atoms with Crippen molar-refractivity contribution in [2.24, 2.45) is 0 Å². The topological polar surface area (TPSA) is 111 Å². The Labute approximate surface area is 175 Å². The van der Waals surface area contributed by atoms with E-state index in [2.05, 4.69) is 20.2 Å². The highest BCUT2D eigenvalue weighted by Crippen LogP contribution is 2.32. The molecule has 0 N–H and O–H groups in total. The quantitative estimate of drug-likeness (QED) is 0.609. The highest BCUT2D eigenvalue weighted by molar-refractivity contribution is 7.89. The molecule has 1 aliphatic heterocycles. The predicted octanol–water partition coefficient (Wildman–Crippen LogP) is 2.72. The zero-order valence-corrected chi connectivity index (χ0v) is 17.9. The van der Waals surface area contributed by atoms with Gasteiger partial charge in [0.2, 0.25) is 15.9 Å². The molecule has 2 aromatic heterocycles. The van der Waals surface area contributed by atoms with Gasteiger partial charge in [0.25, 0.3) is 5.89 Å². The maximum absolute atomic E-state index is 13.2. The summed E-state index contributed by atoms with van der Waals surface area (Å²) in [5, 5.41) is 8.24. The van der Waals surface area contributed by atoms with E-state index in [1.807, 2.05) is 6.92 Å². The van der Waals surface area contributed by atoms with E-state index in [9.17, 15) is 8.42 Å². The molecule has 30 heavy (non-hydrogen) atoms. The monoisotopic (exact) mass is 429 g/mol. The van der Waals surface area contributed by atoms with Gasteiger partial charge in [0.05, 0.1) is 23.5 Å². The second-order valence-corrected chi connectivity index (χ2v) is 9.24. The first-order valence-corrected chi connectivity index (χ1v) is 11.1. The number of aromatic nitrogens is 4. The SMILES string of the molecule is COc1ccc(S(=O)(=O)N2CCC[C@H](c3nnc(-c4cnc(C)nc4)o3)C2)cc1C. The van der Waals surface area contributed by atoms with E-state index in [-0.39, 0.29) is 10.8 Å². The van der Waals surface area contributed by atoms with Crippen LogP contribution in [0.1, 0.15) is 36.0 Å². The van der Waals surface area contributed by atoms with E-state index in [0.29, 0.717) is 48.4 Å². The minimum atomic E-state index is -3.63. The number of rotatable bonds is 5. The molecule has 0 bridgehead atoms. The van der Waals surface area contributed by atoms with E-state index in [1.54, 1.807) is 44.6 Å². The van der Waals surface area contributed by atoms with E-state index in [4.69, 9.17) is 9.15 Å². The molecule has 0 unspecified atom stereocenters. The molecule has 1 saturated heterocycles. The molecular formula is C20H23N5O4S. The van der Waals surface area contributed by atoms with Crippen LogP contribution in [-0.4, -0.2) is 53.1 Å². The van der Waals surface area contributed by atoms with Gasteiger partial charge in [-0.05, 0) is 50.5 Å². The van der Waals surface area contributed by atoms with Gasteiger partial charge in [0, 0.05) is 25.5 Å². The van der Waals surface area contributed by atoms with Crippen LogP contribution in [0.3, 0.4) is 0 Å². The van der Waals surface area contributed by atoms with Gasteiger partial charge < -0.3 is 9.15 Å². The maximum atomic E-state index is 13.2. The number of benzene rings is 1. The number of nitrogens with zero attached hydrogens (tertiary/aromatic N) is 5. The average molecular weight is 430 g/mol. The largest absolute Gasteiger partial charge is 0.496 e. The summed E-state index contributed by atoms with van der Waals surface area (Å²) in [6.45, 7) is 4.37. The van der Waals surface area contributed by atoms with Gasteiger partial charge in [-0.3, -0.25) is 0 Å². The van der Waals surface area contributed by atoms with Crippen molar-refractivity contribution >= 4 is 10.0 Å². The molecule has 0 spiro atoms. The first-order chi connectivity index (χ1) is 14.4. The normalized spacial score (nSPS) is 17.8. The summed E-state index contributed by atoms with van der Waals surface area (Å²) in [5.41, 5.74) is 1.40. The molecule has 158 valence electrons. The zero-order valence-electron chi connectivity index (χ0n) is 17.1. The molecule has 0 amide bonds. The molecule has 9 nitrogen and oxygen atoms in total. The third-order valence-corrected chi connectivity index (χ3v) is 7.07. The second kappa shape index (κ2) is 8.11. The zero-order chi connectivity index (χ0) is 21.3. The Morgan fingerprint density at radius 2 is 1.93 bits per heavy atom. The lowest BCUT2D eigenvalue weighted by molar-refractivity contribution is 0.286. The summed E-state index contributed by atoms with van der Waals surface area (Å²) < 4.78 is 38.9. The smallest absolute Gasteiger partial charge is 0.250 e. The lowest BCUT2D eigenvalue weighted by Gasteiger charge is -2.30. The number of aryl methyl sites for hydroxylation is 2. The van der Waals surface area contributed by atoms with Gasteiger partial charge in [0.15, 0.2) is 0 Å². The number of sulfonamides is 1. The van der Waals surface area contributed by atoms with Gasteiger partial charge in [0.1, 0.15) is 11.6 Å². The molecule has 1 fully saturated rings. The van der Waals surface area contributed by atoms with Crippen molar-refractivity contribution in [1.82, 2.24) is 24.5 Å². The molecule has 1 atom stereocenters. The van der Waals surface area contributed by atoms with Crippen LogP contribution in [0.5, 0.6) is 5.75 Å². The summed E-state index contributed by atoms with van der Waals surface area (Å²) >= 11 is 0. The Balaban J connectivity index is 1.54. The third kappa shape index (κ3) is 3.92. The fraction of sp³-hybridized carbons (Fsp3) is 0.400. The molecule has 3 aromatic rings. The van der Waals surface area contributed by atoms with Gasteiger partial charge in [-0.25, -0.2) is 18.4 Å². The summed E-state index contributed by atoms with van der Waals surface area (Å²) in [6.07, 6.45) is 4.75. The van der Waals surface area contributed by atoms with E-state index >= 15 is 0 Å². The van der Waals surface area contributed by atoms with Crippen LogP contribution >= 0.6 is 0 Å². The van der Waals surface area contributed by atoms with Crippen molar-refractivity contribution in [3.8, 4) is 17.2 Å². The Kier molecular flexibility index (Phi) is 5.52. The fourth-order valence-corrected chi connectivity index (χ4v) is 5.15. The van der Waals surface area contributed by atoms with Gasteiger partial charge in [-0.2, -0.15) is 4.31 Å². The number of ether oxygens (including phenoxy) is 1. The number of hydrogen-bond donors (Lipinski definition) is 0. The molecular weight excluding hydrogens is 406 g/mol. The fourth-order valence-electron chi connectivity index (χ4n) is 3.54. The Morgan fingerprint density at radius 1 is 1.17 bits per heavy atom. The Hall–Kier alpha value is -2.85. The third-order valence-electron chi connectivity index (χ3n) is 5.21. The number of hydrogen-bond acceptors (Lipinski definition) is 8. The summed E-state index contributed by atoms with van der Waals surface area (Å²) in [4.78, 5) is 8.53. The Morgan fingerprint density at radius 3 is 2.63 bits per heavy atom. The first kappa shape index (κ1) is 20.4. The average Bonchev–Trinajstić information content (AvgIpc) is 3.24. The Bertz CT molecular complexity index is 1140. The lowest BCUT2D eigenvalue weighted by atomic mass is 10.00. The van der Waals surface area contributed by atoms with Gasteiger partial charge in [-0.15, -0.1) is 10.2 Å². The van der Waals surface area contributed by atoms with Crippen LogP contribution in [0, 0.1) is 13.8 Å². The van der Waals surface area contributed by atoms with Crippen LogP contribution in [-0.2, 0) is 10.0 Å². The van der Waals surface area contributed by atoms with E-state index in [0.717, 1.165) is 12.0 Å². The van der Waals surface area contributed by atoms with E-state index in [1.165, 1.54) is 4.31 Å². The van der Waals surface area contributed by atoms with Crippen molar-refractivity contribution in [1.29, 1.82) is 0 Å². The van der Waals surface area contributed by atoms with Crippen LogP contribution < -0.4 is 4.74 Å². The molecule has 0 aliphatic carbocycles. The maximum Gasteiger partial charge on any atom is 0.250 e.